The molecule has 0 bridgehead atoms. The van der Waals surface area contributed by atoms with Crippen molar-refractivity contribution in [3.63, 3.8) is 0 Å². The molecule has 172 valence electrons. The van der Waals surface area contributed by atoms with Gasteiger partial charge >= 0.3 is 0 Å². The van der Waals surface area contributed by atoms with Gasteiger partial charge in [0.25, 0.3) is 21.6 Å². The van der Waals surface area contributed by atoms with Gasteiger partial charge in [0.05, 0.1) is 34.1 Å². The van der Waals surface area contributed by atoms with Crippen LogP contribution in [0.3, 0.4) is 0 Å². The predicted octanol–water partition coefficient (Wildman–Crippen LogP) is 1.66. The van der Waals surface area contributed by atoms with E-state index in [1.165, 1.54) is 55.5 Å². The Morgan fingerprint density at radius 2 is 1.88 bits per heavy atom. The Morgan fingerprint density at radius 1 is 1.22 bits per heavy atom. The van der Waals surface area contributed by atoms with Gasteiger partial charge < -0.3 is 9.64 Å². The number of ether oxygens (including phenoxy) is 1. The molecule has 1 unspecified atom stereocenters. The number of nitrogens with one attached hydrogen (secondary N) is 1. The Kier molecular flexibility index (Phi) is 6.41. The van der Waals surface area contributed by atoms with E-state index in [-0.39, 0.29) is 39.1 Å². The average Bonchev–Trinajstić information content (AvgIpc) is 3.12. The normalized spacial score (nSPS) is 17.5. The van der Waals surface area contributed by atoms with Crippen molar-refractivity contribution in [2.45, 2.75) is 17.4 Å². The van der Waals surface area contributed by atoms with Crippen LogP contribution in [0.25, 0.3) is 0 Å². The number of methoxy groups -OCH3 is 1. The third-order valence-electron chi connectivity index (χ3n) is 5.13. The van der Waals surface area contributed by atoms with E-state index in [1.54, 1.807) is 0 Å². The first-order valence-corrected chi connectivity index (χ1v) is 12.7. The quantitative estimate of drug-likeness (QED) is 0.461. The number of sulfone groups is 1. The van der Waals surface area contributed by atoms with E-state index < -0.39 is 36.7 Å². The van der Waals surface area contributed by atoms with Gasteiger partial charge in [0.2, 0.25) is 0 Å². The topological polar surface area (TPSA) is 153 Å². The molecule has 1 atom stereocenters. The van der Waals surface area contributed by atoms with Gasteiger partial charge in [-0.15, -0.1) is 0 Å². The van der Waals surface area contributed by atoms with Crippen molar-refractivity contribution in [3.8, 4) is 5.75 Å². The molecule has 0 radical (unpaired) electrons. The molecule has 1 aliphatic rings. The summed E-state index contributed by atoms with van der Waals surface area (Å²) in [5.41, 5.74) is -0.228. The lowest BCUT2D eigenvalue weighted by Gasteiger charge is -2.23. The van der Waals surface area contributed by atoms with E-state index in [0.717, 1.165) is 6.07 Å². The lowest BCUT2D eigenvalue weighted by Crippen LogP contribution is -2.37. The van der Waals surface area contributed by atoms with Crippen molar-refractivity contribution in [2.24, 2.45) is 0 Å². The molecule has 32 heavy (non-hydrogen) atoms. The van der Waals surface area contributed by atoms with Crippen LogP contribution in [0.4, 0.5) is 11.4 Å². The minimum Gasteiger partial charge on any atom is -0.495 e. The molecule has 1 N–H and O–H groups in total. The van der Waals surface area contributed by atoms with Crippen LogP contribution >= 0.6 is 0 Å². The van der Waals surface area contributed by atoms with Gasteiger partial charge in [-0.2, -0.15) is 0 Å². The molecule has 1 amide bonds. The summed E-state index contributed by atoms with van der Waals surface area (Å²) in [4.78, 5) is 24.2. The van der Waals surface area contributed by atoms with E-state index in [2.05, 4.69) is 4.72 Å². The second-order valence-corrected chi connectivity index (χ2v) is 11.2. The number of hydrogen-bond acceptors (Lipinski definition) is 8. The number of carbonyl (C=O) groups is 1. The molecular weight excluding hydrogens is 462 g/mol. The number of rotatable bonds is 7. The van der Waals surface area contributed by atoms with E-state index in [1.807, 2.05) is 0 Å². The number of amides is 1. The summed E-state index contributed by atoms with van der Waals surface area (Å²) in [6.45, 7) is 0. The van der Waals surface area contributed by atoms with Gasteiger partial charge in [-0.1, -0.05) is 0 Å². The second-order valence-electron chi connectivity index (χ2n) is 7.24. The maximum absolute atomic E-state index is 12.7. The average molecular weight is 484 g/mol. The lowest BCUT2D eigenvalue weighted by atomic mass is 10.1. The summed E-state index contributed by atoms with van der Waals surface area (Å²) in [6.07, 6.45) is 0.353. The Hall–Kier alpha value is -3.19. The molecule has 0 spiro atoms. The van der Waals surface area contributed by atoms with Crippen LogP contribution in [0, 0.1) is 10.1 Å². The molecule has 0 saturated carbocycles. The highest BCUT2D eigenvalue weighted by molar-refractivity contribution is 7.92. The largest absolute Gasteiger partial charge is 0.495 e. The first-order valence-electron chi connectivity index (χ1n) is 9.36. The monoisotopic (exact) mass is 483 g/mol. The van der Waals surface area contributed by atoms with E-state index in [4.69, 9.17) is 4.74 Å². The standard InChI is InChI=1S/C19H21N3O8S2/c1-21(15-9-10-31(26,27)12-15)19(23)13-3-6-16(7-4-13)32(28,29)20-17-11-14(22(24)25)5-8-18(17)30-2/h3-8,11,15,20H,9-10,12H2,1-2H3. The van der Waals surface area contributed by atoms with Crippen molar-refractivity contribution >= 4 is 37.1 Å². The van der Waals surface area contributed by atoms with Crippen LogP contribution in [-0.4, -0.2) is 64.3 Å². The van der Waals surface area contributed by atoms with Gasteiger partial charge in [-0.05, 0) is 36.8 Å². The van der Waals surface area contributed by atoms with Gasteiger partial charge in [-0.25, -0.2) is 16.8 Å². The summed E-state index contributed by atoms with van der Waals surface area (Å²) in [7, 11) is -4.49. The molecule has 1 heterocycles. The Morgan fingerprint density at radius 3 is 2.41 bits per heavy atom. The lowest BCUT2D eigenvalue weighted by molar-refractivity contribution is -0.384. The number of benzene rings is 2. The fraction of sp³-hybridized carbons (Fsp3) is 0.316. The highest BCUT2D eigenvalue weighted by atomic mass is 32.2. The molecule has 2 aromatic rings. The van der Waals surface area contributed by atoms with Crippen molar-refractivity contribution in [3.05, 3.63) is 58.1 Å². The zero-order chi connectivity index (χ0) is 23.7. The maximum Gasteiger partial charge on any atom is 0.271 e. The fourth-order valence-corrected chi connectivity index (χ4v) is 6.16. The molecule has 1 fully saturated rings. The zero-order valence-corrected chi connectivity index (χ0v) is 18.9. The third-order valence-corrected chi connectivity index (χ3v) is 8.26. The number of hydrogen-bond donors (Lipinski definition) is 1. The Bertz CT molecular complexity index is 1260. The SMILES string of the molecule is COc1ccc([N+](=O)[O-])cc1NS(=O)(=O)c1ccc(C(=O)N(C)C2CCS(=O)(=O)C2)cc1. The van der Waals surface area contributed by atoms with Crippen LogP contribution in [0.15, 0.2) is 47.4 Å². The highest BCUT2D eigenvalue weighted by Crippen LogP contribution is 2.31. The maximum atomic E-state index is 12.7. The Balaban J connectivity index is 1.80. The molecule has 0 aromatic heterocycles. The summed E-state index contributed by atoms with van der Waals surface area (Å²) in [6, 6.07) is 8.15. The minimum absolute atomic E-state index is 0.0270. The van der Waals surface area contributed by atoms with Crippen LogP contribution in [-0.2, 0) is 19.9 Å². The summed E-state index contributed by atoms with van der Waals surface area (Å²) in [5.74, 6) is -0.404. The van der Waals surface area contributed by atoms with E-state index in [0.29, 0.717) is 6.42 Å². The van der Waals surface area contributed by atoms with Crippen molar-refractivity contribution < 1.29 is 31.3 Å². The molecule has 11 nitrogen and oxygen atoms in total. The zero-order valence-electron chi connectivity index (χ0n) is 17.2. The first kappa shape index (κ1) is 23.5. The number of non-ortho nitro benzene ring substituents is 1. The summed E-state index contributed by atoms with van der Waals surface area (Å²) in [5, 5.41) is 11.0. The minimum atomic E-state index is -4.14. The fourth-order valence-electron chi connectivity index (χ4n) is 3.32. The van der Waals surface area contributed by atoms with Gasteiger partial charge in [0.1, 0.15) is 5.75 Å². The number of sulfonamides is 1. The third kappa shape index (κ3) is 4.99. The van der Waals surface area contributed by atoms with Crippen LogP contribution in [0.1, 0.15) is 16.8 Å². The molecule has 13 heteroatoms. The molecule has 1 saturated heterocycles. The van der Waals surface area contributed by atoms with Crippen LogP contribution in [0.5, 0.6) is 5.75 Å². The highest BCUT2D eigenvalue weighted by Gasteiger charge is 2.33. The molecular formula is C19H21N3O8S2. The summed E-state index contributed by atoms with van der Waals surface area (Å²) >= 11 is 0. The first-order chi connectivity index (χ1) is 14.9. The van der Waals surface area contributed by atoms with Crippen molar-refractivity contribution in [1.82, 2.24) is 4.90 Å². The second kappa shape index (κ2) is 8.74. The number of anilines is 1. The number of nitrogens with zero attached hydrogens (tertiary/aromatic N) is 2. The molecule has 1 aliphatic heterocycles. The number of carbonyl (C=O) groups excluding carboxylic acids is 1. The molecule has 0 aliphatic carbocycles. The number of nitro benzene ring substituents is 1. The van der Waals surface area contributed by atoms with Gasteiger partial charge in [0.15, 0.2) is 9.84 Å². The number of nitro groups is 1. The van der Waals surface area contributed by atoms with Crippen LogP contribution in [0.2, 0.25) is 0 Å². The van der Waals surface area contributed by atoms with Gasteiger partial charge in [0, 0.05) is 30.8 Å². The summed E-state index contributed by atoms with van der Waals surface area (Å²) < 4.78 is 56.1. The van der Waals surface area contributed by atoms with Gasteiger partial charge in [-0.3, -0.25) is 19.6 Å². The van der Waals surface area contributed by atoms with Crippen molar-refractivity contribution in [2.75, 3.05) is 30.4 Å². The van der Waals surface area contributed by atoms with Crippen molar-refractivity contribution in [1.29, 1.82) is 0 Å². The predicted molar refractivity (Wildman–Crippen MR) is 116 cm³/mol. The molecule has 2 aromatic carbocycles. The smallest absolute Gasteiger partial charge is 0.271 e. The van der Waals surface area contributed by atoms with E-state index >= 15 is 0 Å². The van der Waals surface area contributed by atoms with E-state index in [9.17, 15) is 31.7 Å². The van der Waals surface area contributed by atoms with Crippen LogP contribution < -0.4 is 9.46 Å². The molecule has 3 rings (SSSR count). The Labute approximate surface area is 185 Å².